The molecule has 0 saturated carbocycles. The van der Waals surface area contributed by atoms with E-state index in [1.54, 1.807) is 0 Å². The Bertz CT molecular complexity index is 560. The average Bonchev–Trinajstić information content (AvgIpc) is 2.38. The van der Waals surface area contributed by atoms with Crippen molar-refractivity contribution in [3.05, 3.63) is 34.4 Å². The van der Waals surface area contributed by atoms with Gasteiger partial charge < -0.3 is 4.90 Å². The van der Waals surface area contributed by atoms with Gasteiger partial charge in [0.05, 0.1) is 5.52 Å². The predicted molar refractivity (Wildman–Crippen MR) is 87.0 cm³/mol. The van der Waals surface area contributed by atoms with Crippen LogP contribution in [0.15, 0.2) is 28.7 Å². The summed E-state index contributed by atoms with van der Waals surface area (Å²) in [5.41, 5.74) is 3.48. The van der Waals surface area contributed by atoms with Crippen LogP contribution in [0.4, 0.5) is 5.69 Å². The lowest BCUT2D eigenvalue weighted by Crippen LogP contribution is -2.25. The van der Waals surface area contributed by atoms with Gasteiger partial charge in [-0.05, 0) is 44.0 Å². The number of benzene rings is 1. The fourth-order valence-electron chi connectivity index (χ4n) is 2.46. The number of anilines is 1. The zero-order valence-corrected chi connectivity index (χ0v) is 13.5. The van der Waals surface area contributed by atoms with Crippen molar-refractivity contribution in [2.24, 2.45) is 0 Å². The number of halogens is 1. The predicted octanol–water partition coefficient (Wildman–Crippen LogP) is 4.93. The fraction of sp³-hybridized carbons (Fsp3) is 0.438. The molecular formula is C16H21BrN2. The first-order valence-electron chi connectivity index (χ1n) is 6.97. The van der Waals surface area contributed by atoms with E-state index in [-0.39, 0.29) is 0 Å². The summed E-state index contributed by atoms with van der Waals surface area (Å²) in [4.78, 5) is 7.11. The first-order valence-corrected chi connectivity index (χ1v) is 7.76. The van der Waals surface area contributed by atoms with Crippen molar-refractivity contribution in [1.29, 1.82) is 0 Å². The molecule has 0 radical (unpaired) electrons. The van der Waals surface area contributed by atoms with Crippen molar-refractivity contribution in [2.45, 2.75) is 33.6 Å². The molecule has 1 aromatic carbocycles. The molecule has 0 aliphatic heterocycles. The van der Waals surface area contributed by atoms with Gasteiger partial charge in [-0.1, -0.05) is 29.8 Å². The third kappa shape index (κ3) is 3.27. The zero-order chi connectivity index (χ0) is 13.8. The normalized spacial score (nSPS) is 10.9. The van der Waals surface area contributed by atoms with E-state index in [4.69, 9.17) is 0 Å². The van der Waals surface area contributed by atoms with E-state index in [9.17, 15) is 0 Å². The molecule has 2 aromatic rings. The highest BCUT2D eigenvalue weighted by Gasteiger charge is 2.11. The topological polar surface area (TPSA) is 16.1 Å². The number of fused-ring (bicyclic) bond motifs is 1. The van der Waals surface area contributed by atoms with E-state index in [0.717, 1.165) is 41.6 Å². The molecule has 0 fully saturated rings. The number of hydrogen-bond acceptors (Lipinski definition) is 2. The molecule has 0 amide bonds. The minimum absolute atomic E-state index is 1.08. The van der Waals surface area contributed by atoms with Gasteiger partial charge in [0, 0.05) is 34.3 Å². The number of nitrogens with zero attached hydrogens (tertiary/aromatic N) is 2. The van der Waals surface area contributed by atoms with Crippen LogP contribution in [-0.4, -0.2) is 18.1 Å². The van der Waals surface area contributed by atoms with Crippen LogP contribution in [0.3, 0.4) is 0 Å². The Kier molecular flexibility index (Phi) is 4.81. The van der Waals surface area contributed by atoms with Gasteiger partial charge >= 0.3 is 0 Å². The van der Waals surface area contributed by atoms with E-state index < -0.39 is 0 Å². The Morgan fingerprint density at radius 1 is 1.11 bits per heavy atom. The summed E-state index contributed by atoms with van der Waals surface area (Å²) in [5.74, 6) is 0. The smallest absolute Gasteiger partial charge is 0.0726 e. The highest BCUT2D eigenvalue weighted by atomic mass is 79.9. The molecule has 0 aliphatic rings. The Balaban J connectivity index is 2.58. The lowest BCUT2D eigenvalue weighted by molar-refractivity contribution is 0.746. The molecule has 2 rings (SSSR count). The molecular weight excluding hydrogens is 300 g/mol. The Hall–Kier alpha value is -1.09. The Labute approximate surface area is 124 Å². The van der Waals surface area contributed by atoms with E-state index >= 15 is 0 Å². The molecule has 2 nitrogen and oxygen atoms in total. The van der Waals surface area contributed by atoms with Gasteiger partial charge in [-0.25, -0.2) is 0 Å². The van der Waals surface area contributed by atoms with Crippen LogP contribution in [-0.2, 0) is 0 Å². The summed E-state index contributed by atoms with van der Waals surface area (Å²) in [6, 6.07) is 8.53. The Morgan fingerprint density at radius 2 is 1.79 bits per heavy atom. The maximum Gasteiger partial charge on any atom is 0.0726 e. The van der Waals surface area contributed by atoms with Crippen molar-refractivity contribution >= 4 is 32.5 Å². The van der Waals surface area contributed by atoms with Crippen LogP contribution < -0.4 is 4.90 Å². The van der Waals surface area contributed by atoms with Gasteiger partial charge in [-0.15, -0.1) is 0 Å². The van der Waals surface area contributed by atoms with Crippen molar-refractivity contribution in [3.8, 4) is 0 Å². The van der Waals surface area contributed by atoms with E-state index in [0.29, 0.717) is 0 Å². The number of rotatable bonds is 5. The highest BCUT2D eigenvalue weighted by molar-refractivity contribution is 9.10. The standard InChI is InChI=1S/C16H21BrN2/c1-4-8-19(9-5-2)16-10-12(3)18-15-7-6-13(17)11-14(15)16/h6-7,10-11H,4-5,8-9H2,1-3H3. The summed E-state index contributed by atoms with van der Waals surface area (Å²) in [6.07, 6.45) is 2.33. The zero-order valence-electron chi connectivity index (χ0n) is 11.9. The fourth-order valence-corrected chi connectivity index (χ4v) is 2.82. The summed E-state index contributed by atoms with van der Waals surface area (Å²) in [7, 11) is 0. The number of aromatic nitrogens is 1. The van der Waals surface area contributed by atoms with Gasteiger partial charge in [0.1, 0.15) is 0 Å². The lowest BCUT2D eigenvalue weighted by Gasteiger charge is -2.25. The SMILES string of the molecule is CCCN(CCC)c1cc(C)nc2ccc(Br)cc12. The largest absolute Gasteiger partial charge is 0.371 e. The van der Waals surface area contributed by atoms with E-state index in [1.165, 1.54) is 11.1 Å². The van der Waals surface area contributed by atoms with Crippen molar-refractivity contribution < 1.29 is 0 Å². The van der Waals surface area contributed by atoms with Gasteiger partial charge in [-0.2, -0.15) is 0 Å². The molecule has 0 bridgehead atoms. The first-order chi connectivity index (χ1) is 9.15. The Morgan fingerprint density at radius 3 is 2.42 bits per heavy atom. The minimum Gasteiger partial charge on any atom is -0.371 e. The molecule has 1 heterocycles. The van der Waals surface area contributed by atoms with Crippen molar-refractivity contribution in [3.63, 3.8) is 0 Å². The monoisotopic (exact) mass is 320 g/mol. The molecule has 19 heavy (non-hydrogen) atoms. The second-order valence-corrected chi connectivity index (χ2v) is 5.85. The van der Waals surface area contributed by atoms with Gasteiger partial charge in [-0.3, -0.25) is 4.98 Å². The molecule has 0 aliphatic carbocycles. The maximum atomic E-state index is 4.63. The second kappa shape index (κ2) is 6.38. The van der Waals surface area contributed by atoms with Crippen LogP contribution in [0.2, 0.25) is 0 Å². The van der Waals surface area contributed by atoms with Crippen molar-refractivity contribution in [1.82, 2.24) is 4.98 Å². The molecule has 0 N–H and O–H groups in total. The molecule has 102 valence electrons. The third-order valence-electron chi connectivity index (χ3n) is 3.20. The second-order valence-electron chi connectivity index (χ2n) is 4.93. The molecule has 0 atom stereocenters. The summed E-state index contributed by atoms with van der Waals surface area (Å²) >= 11 is 3.57. The summed E-state index contributed by atoms with van der Waals surface area (Å²) in [5, 5.41) is 1.24. The third-order valence-corrected chi connectivity index (χ3v) is 3.70. The number of pyridine rings is 1. The van der Waals surface area contributed by atoms with E-state index in [1.807, 2.05) is 0 Å². The first kappa shape index (κ1) is 14.3. The lowest BCUT2D eigenvalue weighted by atomic mass is 10.1. The van der Waals surface area contributed by atoms with E-state index in [2.05, 4.69) is 70.9 Å². The average molecular weight is 321 g/mol. The molecule has 0 spiro atoms. The summed E-state index contributed by atoms with van der Waals surface area (Å²) in [6.45, 7) is 8.72. The van der Waals surface area contributed by atoms with Crippen molar-refractivity contribution in [2.75, 3.05) is 18.0 Å². The highest BCUT2D eigenvalue weighted by Crippen LogP contribution is 2.29. The quantitative estimate of drug-likeness (QED) is 0.776. The van der Waals surface area contributed by atoms with Gasteiger partial charge in [0.2, 0.25) is 0 Å². The van der Waals surface area contributed by atoms with Crippen LogP contribution in [0.5, 0.6) is 0 Å². The molecule has 0 saturated heterocycles. The minimum atomic E-state index is 1.08. The maximum absolute atomic E-state index is 4.63. The molecule has 0 unspecified atom stereocenters. The van der Waals surface area contributed by atoms with Crippen LogP contribution in [0.1, 0.15) is 32.4 Å². The number of hydrogen-bond donors (Lipinski definition) is 0. The molecule has 1 aromatic heterocycles. The molecule has 3 heteroatoms. The van der Waals surface area contributed by atoms with Crippen LogP contribution in [0.25, 0.3) is 10.9 Å². The number of aryl methyl sites for hydroxylation is 1. The van der Waals surface area contributed by atoms with Gasteiger partial charge in [0.25, 0.3) is 0 Å². The van der Waals surface area contributed by atoms with Crippen LogP contribution in [0, 0.1) is 6.92 Å². The van der Waals surface area contributed by atoms with Crippen LogP contribution >= 0.6 is 15.9 Å². The summed E-state index contributed by atoms with van der Waals surface area (Å²) < 4.78 is 1.11. The van der Waals surface area contributed by atoms with Gasteiger partial charge in [0.15, 0.2) is 0 Å².